The van der Waals surface area contributed by atoms with E-state index < -0.39 is 0 Å². The van der Waals surface area contributed by atoms with Crippen LogP contribution in [0, 0.1) is 0 Å². The predicted octanol–water partition coefficient (Wildman–Crippen LogP) is 2.71. The summed E-state index contributed by atoms with van der Waals surface area (Å²) in [6.07, 6.45) is 2.11. The number of hydrogen-bond donors (Lipinski definition) is 1. The van der Waals surface area contributed by atoms with Crippen molar-refractivity contribution < 1.29 is 4.74 Å². The largest absolute Gasteiger partial charge is 0.377 e. The number of pyridine rings is 1. The van der Waals surface area contributed by atoms with Crippen molar-refractivity contribution in [1.29, 1.82) is 0 Å². The Balaban J connectivity index is 2.57. The first-order valence-electron chi connectivity index (χ1n) is 6.72. The number of halogens is 1. The molecule has 19 heavy (non-hydrogen) atoms. The number of likely N-dealkylation sites (N-methyl/N-ethyl adjacent to an activating group) is 1. The molecule has 0 saturated heterocycles. The van der Waals surface area contributed by atoms with Gasteiger partial charge in [-0.1, -0.05) is 18.5 Å². The van der Waals surface area contributed by atoms with Crippen LogP contribution in [0.3, 0.4) is 0 Å². The predicted molar refractivity (Wildman–Crippen MR) is 81.0 cm³/mol. The fourth-order valence-electron chi connectivity index (χ4n) is 1.65. The zero-order valence-corrected chi connectivity index (χ0v) is 13.0. The van der Waals surface area contributed by atoms with Crippen LogP contribution in [0.2, 0.25) is 5.02 Å². The molecule has 0 unspecified atom stereocenters. The Kier molecular flexibility index (Phi) is 7.13. The van der Waals surface area contributed by atoms with Gasteiger partial charge in [0.05, 0.1) is 17.7 Å². The molecule has 1 aromatic heterocycles. The fraction of sp³-hybridized carbons (Fsp3) is 0.643. The molecule has 0 spiro atoms. The summed E-state index contributed by atoms with van der Waals surface area (Å²) in [5.74, 6) is 0.800. The molecular formula is C14H24ClN3O. The van der Waals surface area contributed by atoms with E-state index in [0.717, 1.165) is 31.0 Å². The van der Waals surface area contributed by atoms with E-state index >= 15 is 0 Å². The third-order valence-corrected chi connectivity index (χ3v) is 2.98. The monoisotopic (exact) mass is 285 g/mol. The van der Waals surface area contributed by atoms with Crippen LogP contribution >= 0.6 is 11.6 Å². The maximum absolute atomic E-state index is 6.27. The standard InChI is InChI=1S/C14H24ClN3O/c1-5-16-9-12-8-13(15)14(17-10-12)18(4)6-7-19-11(2)3/h8,10-11,16H,5-7,9H2,1-4H3. The lowest BCUT2D eigenvalue weighted by atomic mass is 10.2. The van der Waals surface area contributed by atoms with Gasteiger partial charge in [-0.2, -0.15) is 0 Å². The van der Waals surface area contributed by atoms with Gasteiger partial charge in [0.15, 0.2) is 0 Å². The van der Waals surface area contributed by atoms with Crippen molar-refractivity contribution in [2.75, 3.05) is 31.6 Å². The molecule has 1 rings (SSSR count). The van der Waals surface area contributed by atoms with Gasteiger partial charge in [-0.15, -0.1) is 0 Å². The van der Waals surface area contributed by atoms with Gasteiger partial charge >= 0.3 is 0 Å². The summed E-state index contributed by atoms with van der Waals surface area (Å²) in [5, 5.41) is 3.94. The molecule has 0 aliphatic heterocycles. The van der Waals surface area contributed by atoms with Gasteiger partial charge in [-0.05, 0) is 32.0 Å². The smallest absolute Gasteiger partial charge is 0.147 e. The van der Waals surface area contributed by atoms with Gasteiger partial charge in [0, 0.05) is 26.3 Å². The molecule has 0 fully saturated rings. The topological polar surface area (TPSA) is 37.4 Å². The highest BCUT2D eigenvalue weighted by Gasteiger charge is 2.09. The molecule has 1 N–H and O–H groups in total. The number of hydrogen-bond acceptors (Lipinski definition) is 4. The zero-order chi connectivity index (χ0) is 14.3. The van der Waals surface area contributed by atoms with E-state index in [0.29, 0.717) is 11.6 Å². The number of ether oxygens (including phenoxy) is 1. The lowest BCUT2D eigenvalue weighted by Gasteiger charge is -2.20. The molecule has 4 nitrogen and oxygen atoms in total. The first kappa shape index (κ1) is 16.2. The van der Waals surface area contributed by atoms with E-state index in [4.69, 9.17) is 16.3 Å². The van der Waals surface area contributed by atoms with E-state index in [9.17, 15) is 0 Å². The second kappa shape index (κ2) is 8.35. The second-order valence-electron chi connectivity index (χ2n) is 4.77. The molecule has 0 aromatic carbocycles. The molecule has 0 aliphatic carbocycles. The molecular weight excluding hydrogens is 262 g/mol. The Morgan fingerprint density at radius 1 is 1.47 bits per heavy atom. The number of rotatable bonds is 8. The minimum Gasteiger partial charge on any atom is -0.377 e. The van der Waals surface area contributed by atoms with E-state index in [1.807, 2.05) is 38.1 Å². The molecule has 1 heterocycles. The van der Waals surface area contributed by atoms with Crippen LogP contribution in [0.1, 0.15) is 26.3 Å². The van der Waals surface area contributed by atoms with Crippen molar-refractivity contribution >= 4 is 17.4 Å². The van der Waals surface area contributed by atoms with Crippen molar-refractivity contribution in [2.45, 2.75) is 33.4 Å². The molecule has 108 valence electrons. The highest BCUT2D eigenvalue weighted by molar-refractivity contribution is 6.33. The van der Waals surface area contributed by atoms with E-state index in [1.54, 1.807) is 0 Å². The Morgan fingerprint density at radius 3 is 2.79 bits per heavy atom. The summed E-state index contributed by atoms with van der Waals surface area (Å²) in [4.78, 5) is 6.44. The van der Waals surface area contributed by atoms with Crippen LogP contribution in [0.5, 0.6) is 0 Å². The quantitative estimate of drug-likeness (QED) is 0.797. The summed E-state index contributed by atoms with van der Waals surface area (Å²) in [6, 6.07) is 1.96. The maximum Gasteiger partial charge on any atom is 0.147 e. The van der Waals surface area contributed by atoms with E-state index in [2.05, 4.69) is 17.2 Å². The summed E-state index contributed by atoms with van der Waals surface area (Å²) in [7, 11) is 1.97. The van der Waals surface area contributed by atoms with Crippen molar-refractivity contribution in [2.24, 2.45) is 0 Å². The molecule has 0 radical (unpaired) electrons. The first-order valence-corrected chi connectivity index (χ1v) is 7.10. The fourth-order valence-corrected chi connectivity index (χ4v) is 1.98. The number of nitrogens with one attached hydrogen (secondary N) is 1. The van der Waals surface area contributed by atoms with E-state index in [1.165, 1.54) is 0 Å². The second-order valence-corrected chi connectivity index (χ2v) is 5.18. The van der Waals surface area contributed by atoms with Crippen LogP contribution in [0.25, 0.3) is 0 Å². The maximum atomic E-state index is 6.27. The zero-order valence-electron chi connectivity index (χ0n) is 12.2. The van der Waals surface area contributed by atoms with Gasteiger partial charge in [-0.3, -0.25) is 0 Å². The van der Waals surface area contributed by atoms with Gasteiger partial charge in [0.25, 0.3) is 0 Å². The first-order chi connectivity index (χ1) is 9.04. The van der Waals surface area contributed by atoms with Crippen LogP contribution in [0.4, 0.5) is 5.82 Å². The van der Waals surface area contributed by atoms with Crippen molar-refractivity contribution in [3.05, 3.63) is 22.8 Å². The molecule has 0 aliphatic rings. The van der Waals surface area contributed by atoms with Crippen molar-refractivity contribution in [1.82, 2.24) is 10.3 Å². The summed E-state index contributed by atoms with van der Waals surface area (Å²) in [5.41, 5.74) is 1.10. The Bertz CT molecular complexity index is 385. The number of nitrogens with zero attached hydrogens (tertiary/aromatic N) is 2. The van der Waals surface area contributed by atoms with Gasteiger partial charge < -0.3 is 15.0 Å². The highest BCUT2D eigenvalue weighted by Crippen LogP contribution is 2.23. The molecule has 0 bridgehead atoms. The van der Waals surface area contributed by atoms with Crippen molar-refractivity contribution in [3.63, 3.8) is 0 Å². The molecule has 1 aromatic rings. The third kappa shape index (κ3) is 5.76. The Labute approximate surface area is 121 Å². The van der Waals surface area contributed by atoms with Gasteiger partial charge in [-0.25, -0.2) is 4.98 Å². The number of anilines is 1. The summed E-state index contributed by atoms with van der Waals surface area (Å²) >= 11 is 6.27. The Morgan fingerprint density at radius 2 is 2.21 bits per heavy atom. The van der Waals surface area contributed by atoms with Gasteiger partial charge in [0.2, 0.25) is 0 Å². The van der Waals surface area contributed by atoms with E-state index in [-0.39, 0.29) is 6.10 Å². The van der Waals surface area contributed by atoms with Gasteiger partial charge in [0.1, 0.15) is 5.82 Å². The van der Waals surface area contributed by atoms with Crippen LogP contribution in [-0.4, -0.2) is 37.8 Å². The summed E-state index contributed by atoms with van der Waals surface area (Å²) in [6.45, 7) is 9.31. The van der Waals surface area contributed by atoms with Crippen molar-refractivity contribution in [3.8, 4) is 0 Å². The molecule has 5 heteroatoms. The highest BCUT2D eigenvalue weighted by atomic mass is 35.5. The average molecular weight is 286 g/mol. The molecule has 0 atom stereocenters. The Hall–Kier alpha value is -0.840. The van der Waals surface area contributed by atoms with Crippen LogP contribution in [0.15, 0.2) is 12.3 Å². The lowest BCUT2D eigenvalue weighted by molar-refractivity contribution is 0.0845. The van der Waals surface area contributed by atoms with Crippen LogP contribution in [-0.2, 0) is 11.3 Å². The van der Waals surface area contributed by atoms with Crippen LogP contribution < -0.4 is 10.2 Å². The minimum atomic E-state index is 0.249. The minimum absolute atomic E-state index is 0.249. The summed E-state index contributed by atoms with van der Waals surface area (Å²) < 4.78 is 5.53. The number of aromatic nitrogens is 1. The third-order valence-electron chi connectivity index (χ3n) is 2.70. The SMILES string of the molecule is CCNCc1cnc(N(C)CCOC(C)C)c(Cl)c1. The lowest BCUT2D eigenvalue weighted by Crippen LogP contribution is -2.25. The normalized spacial score (nSPS) is 11.1. The molecule has 0 amide bonds. The molecule has 0 saturated carbocycles. The average Bonchev–Trinajstić information content (AvgIpc) is 2.35.